The van der Waals surface area contributed by atoms with Gasteiger partial charge in [-0.2, -0.15) is 0 Å². The molecule has 0 amide bonds. The van der Waals surface area contributed by atoms with E-state index in [0.717, 1.165) is 34.3 Å². The molecule has 2 aromatic carbocycles. The van der Waals surface area contributed by atoms with E-state index in [4.69, 9.17) is 9.15 Å². The first-order valence-corrected chi connectivity index (χ1v) is 10.4. The zero-order chi connectivity index (χ0) is 21.5. The number of hydrogen-bond acceptors (Lipinski definition) is 6. The smallest absolute Gasteiger partial charge is 0.317 e. The molecule has 7 heteroatoms. The summed E-state index contributed by atoms with van der Waals surface area (Å²) in [5.41, 5.74) is 2.63. The summed E-state index contributed by atoms with van der Waals surface area (Å²) < 4.78 is 11.6. The summed E-state index contributed by atoms with van der Waals surface area (Å²) in [6, 6.07) is 17.0. The number of aromatic nitrogens is 1. The summed E-state index contributed by atoms with van der Waals surface area (Å²) in [6.07, 6.45) is 0.889. The predicted molar refractivity (Wildman–Crippen MR) is 116 cm³/mol. The van der Waals surface area contributed by atoms with Gasteiger partial charge >= 0.3 is 5.97 Å². The fraction of sp³-hybridized carbons (Fsp3) is 0.261. The molecular weight excluding hydrogens is 402 g/mol. The predicted octanol–water partition coefficient (Wildman–Crippen LogP) is 4.55. The molecule has 0 saturated heterocycles. The first-order chi connectivity index (χ1) is 14.4. The highest BCUT2D eigenvalue weighted by atomic mass is 32.2. The van der Waals surface area contributed by atoms with E-state index in [9.17, 15) is 14.7 Å². The van der Waals surface area contributed by atoms with E-state index in [0.29, 0.717) is 24.7 Å². The van der Waals surface area contributed by atoms with Gasteiger partial charge in [-0.15, -0.1) is 0 Å². The van der Waals surface area contributed by atoms with E-state index in [1.54, 1.807) is 12.1 Å². The van der Waals surface area contributed by atoms with Crippen molar-refractivity contribution in [3.05, 3.63) is 71.6 Å². The lowest BCUT2D eigenvalue weighted by Gasteiger charge is -2.11. The second-order valence-electron chi connectivity index (χ2n) is 6.77. The molecule has 1 aromatic heterocycles. The van der Waals surface area contributed by atoms with Gasteiger partial charge in [-0.1, -0.05) is 42.1 Å². The Hall–Kier alpha value is -3.06. The maximum Gasteiger partial charge on any atom is 0.317 e. The molecule has 1 unspecified atom stereocenters. The number of oxazole rings is 1. The molecule has 1 heterocycles. The molecule has 0 aliphatic heterocycles. The van der Waals surface area contributed by atoms with E-state index in [1.165, 1.54) is 6.92 Å². The molecule has 6 nitrogen and oxygen atoms in total. The van der Waals surface area contributed by atoms with Crippen molar-refractivity contribution < 1.29 is 23.8 Å². The van der Waals surface area contributed by atoms with Crippen molar-refractivity contribution in [1.82, 2.24) is 4.98 Å². The van der Waals surface area contributed by atoms with Gasteiger partial charge in [0, 0.05) is 18.9 Å². The number of thioether (sulfide) groups is 1. The second-order valence-corrected chi connectivity index (χ2v) is 8.15. The van der Waals surface area contributed by atoms with Gasteiger partial charge in [0.05, 0.1) is 12.3 Å². The van der Waals surface area contributed by atoms with Gasteiger partial charge in [-0.05, 0) is 43.2 Å². The summed E-state index contributed by atoms with van der Waals surface area (Å²) in [5.74, 6) is 1.07. The number of hydrogen-bond donors (Lipinski definition) is 1. The SMILES string of the molecule is CC(=O)SC(Cc1ccc(OCCc2nc(-c3ccccc3)oc2C)cc1)C(=O)O. The summed E-state index contributed by atoms with van der Waals surface area (Å²) in [7, 11) is 0. The van der Waals surface area contributed by atoms with Gasteiger partial charge in [0.25, 0.3) is 0 Å². The molecule has 0 spiro atoms. The minimum atomic E-state index is -0.992. The van der Waals surface area contributed by atoms with Crippen molar-refractivity contribution in [2.45, 2.75) is 31.9 Å². The van der Waals surface area contributed by atoms with Crippen molar-refractivity contribution in [2.24, 2.45) is 0 Å². The van der Waals surface area contributed by atoms with Crippen LogP contribution in [0.2, 0.25) is 0 Å². The summed E-state index contributed by atoms with van der Waals surface area (Å²) in [4.78, 5) is 27.1. The fourth-order valence-corrected chi connectivity index (χ4v) is 3.72. The zero-order valence-electron chi connectivity index (χ0n) is 16.8. The Morgan fingerprint density at radius 2 is 1.83 bits per heavy atom. The fourth-order valence-electron chi connectivity index (χ4n) is 2.95. The maximum absolute atomic E-state index is 11.3. The normalized spacial score (nSPS) is 11.8. The lowest BCUT2D eigenvalue weighted by Crippen LogP contribution is -2.20. The van der Waals surface area contributed by atoms with Crippen LogP contribution in [0.4, 0.5) is 0 Å². The number of benzene rings is 2. The van der Waals surface area contributed by atoms with Crippen molar-refractivity contribution in [1.29, 1.82) is 0 Å². The summed E-state index contributed by atoms with van der Waals surface area (Å²) in [6.45, 7) is 3.71. The molecule has 1 atom stereocenters. The molecule has 30 heavy (non-hydrogen) atoms. The van der Waals surface area contributed by atoms with Gasteiger partial charge in [-0.3, -0.25) is 9.59 Å². The number of carbonyl (C=O) groups is 2. The average Bonchev–Trinajstić information content (AvgIpc) is 3.10. The van der Waals surface area contributed by atoms with Gasteiger partial charge in [0.2, 0.25) is 5.89 Å². The van der Waals surface area contributed by atoms with E-state index in [1.807, 2.05) is 49.4 Å². The maximum atomic E-state index is 11.3. The molecule has 0 saturated carbocycles. The van der Waals surface area contributed by atoms with Gasteiger partial charge in [0.15, 0.2) is 5.12 Å². The minimum Gasteiger partial charge on any atom is -0.493 e. The Labute approximate surface area is 179 Å². The topological polar surface area (TPSA) is 89.6 Å². The average molecular weight is 426 g/mol. The number of nitrogens with zero attached hydrogens (tertiary/aromatic N) is 1. The third-order valence-corrected chi connectivity index (χ3v) is 5.43. The van der Waals surface area contributed by atoms with Crippen LogP contribution in [0.15, 0.2) is 59.0 Å². The van der Waals surface area contributed by atoms with Crippen LogP contribution in [0.5, 0.6) is 5.75 Å². The van der Waals surface area contributed by atoms with Crippen LogP contribution >= 0.6 is 11.8 Å². The third kappa shape index (κ3) is 5.97. The Balaban J connectivity index is 1.54. The van der Waals surface area contributed by atoms with Gasteiger partial charge in [-0.25, -0.2) is 4.98 Å². The van der Waals surface area contributed by atoms with Gasteiger partial charge < -0.3 is 14.3 Å². The quantitative estimate of drug-likeness (QED) is 0.538. The lowest BCUT2D eigenvalue weighted by molar-refractivity contribution is -0.136. The number of rotatable bonds is 9. The number of aryl methyl sites for hydroxylation is 1. The summed E-state index contributed by atoms with van der Waals surface area (Å²) >= 11 is 0.834. The molecule has 3 rings (SSSR count). The van der Waals surface area contributed by atoms with E-state index >= 15 is 0 Å². The Morgan fingerprint density at radius 1 is 1.13 bits per heavy atom. The number of carboxylic acid groups (broad SMARTS) is 1. The minimum absolute atomic E-state index is 0.207. The molecule has 0 fully saturated rings. The van der Waals surface area contributed by atoms with Crippen molar-refractivity contribution in [2.75, 3.05) is 6.61 Å². The lowest BCUT2D eigenvalue weighted by atomic mass is 10.1. The molecule has 3 aromatic rings. The molecule has 156 valence electrons. The van der Waals surface area contributed by atoms with E-state index < -0.39 is 11.2 Å². The molecule has 0 aliphatic rings. The van der Waals surface area contributed by atoms with Crippen LogP contribution < -0.4 is 4.74 Å². The summed E-state index contributed by atoms with van der Waals surface area (Å²) in [5, 5.41) is 8.25. The van der Waals surface area contributed by atoms with Crippen LogP contribution in [0.25, 0.3) is 11.5 Å². The van der Waals surface area contributed by atoms with Crippen LogP contribution in [0.3, 0.4) is 0 Å². The van der Waals surface area contributed by atoms with Crippen LogP contribution in [-0.2, 0) is 22.4 Å². The largest absolute Gasteiger partial charge is 0.493 e. The first kappa shape index (κ1) is 21.6. The van der Waals surface area contributed by atoms with Gasteiger partial charge in [0.1, 0.15) is 16.8 Å². The number of carbonyl (C=O) groups excluding carboxylic acids is 1. The molecule has 1 N–H and O–H groups in total. The zero-order valence-corrected chi connectivity index (χ0v) is 17.6. The third-order valence-electron chi connectivity index (χ3n) is 4.45. The highest BCUT2D eigenvalue weighted by Gasteiger charge is 2.20. The highest BCUT2D eigenvalue weighted by molar-refractivity contribution is 8.14. The number of aliphatic carboxylic acids is 1. The van der Waals surface area contributed by atoms with E-state index in [-0.39, 0.29) is 11.5 Å². The van der Waals surface area contributed by atoms with Crippen LogP contribution in [0.1, 0.15) is 23.9 Å². The second kappa shape index (κ2) is 10.1. The highest BCUT2D eigenvalue weighted by Crippen LogP contribution is 2.23. The van der Waals surface area contributed by atoms with E-state index in [2.05, 4.69) is 4.98 Å². The Kier molecular flexibility index (Phi) is 7.30. The van der Waals surface area contributed by atoms with Crippen LogP contribution in [0, 0.1) is 6.92 Å². The Bertz CT molecular complexity index is 998. The van der Waals surface area contributed by atoms with Crippen molar-refractivity contribution in [3.63, 3.8) is 0 Å². The standard InChI is InChI=1S/C23H23NO5S/c1-15-20(24-22(29-15)18-6-4-3-5-7-18)12-13-28-19-10-8-17(9-11-19)14-21(23(26)27)30-16(2)25/h3-11,21H,12-14H2,1-2H3,(H,26,27). The number of carboxylic acids is 1. The molecule has 0 radical (unpaired) electrons. The molecule has 0 bridgehead atoms. The Morgan fingerprint density at radius 3 is 2.47 bits per heavy atom. The first-order valence-electron chi connectivity index (χ1n) is 9.56. The monoisotopic (exact) mass is 425 g/mol. The van der Waals surface area contributed by atoms with Crippen molar-refractivity contribution >= 4 is 22.8 Å². The molecular formula is C23H23NO5S. The number of ether oxygens (including phenoxy) is 1. The van der Waals surface area contributed by atoms with Crippen molar-refractivity contribution in [3.8, 4) is 17.2 Å². The van der Waals surface area contributed by atoms with Crippen LogP contribution in [-0.4, -0.2) is 33.0 Å². The molecule has 0 aliphatic carbocycles.